The van der Waals surface area contributed by atoms with E-state index < -0.39 is 0 Å². The third-order valence-corrected chi connectivity index (χ3v) is 3.72. The topological polar surface area (TPSA) is 122 Å². The third kappa shape index (κ3) is 5.13. The van der Waals surface area contributed by atoms with Crippen LogP contribution in [-0.4, -0.2) is 44.7 Å². The number of fused-ring (bicyclic) bond motifs is 1. The number of rotatable bonds is 8. The highest BCUT2D eigenvalue weighted by molar-refractivity contribution is 5.74. The van der Waals surface area contributed by atoms with E-state index in [1.54, 1.807) is 6.33 Å². The van der Waals surface area contributed by atoms with Gasteiger partial charge in [-0.25, -0.2) is 9.97 Å². The maximum Gasteiger partial charge on any atom is 0.302 e. The van der Waals surface area contributed by atoms with Crippen molar-refractivity contribution >= 4 is 29.1 Å². The Hall–Kier alpha value is -2.71. The van der Waals surface area contributed by atoms with Crippen LogP contribution in [0.3, 0.4) is 0 Å². The van der Waals surface area contributed by atoms with Gasteiger partial charge >= 0.3 is 11.9 Å². The van der Waals surface area contributed by atoms with Crippen molar-refractivity contribution in [3.8, 4) is 0 Å². The molecule has 2 rings (SSSR count). The maximum absolute atomic E-state index is 11.0. The molecule has 0 radical (unpaired) electrons. The number of anilines is 1. The molecule has 0 bridgehead atoms. The zero-order chi connectivity index (χ0) is 18.4. The fourth-order valence-electron chi connectivity index (χ4n) is 2.50. The van der Waals surface area contributed by atoms with Gasteiger partial charge in [-0.05, 0) is 12.8 Å². The van der Waals surface area contributed by atoms with Gasteiger partial charge in [-0.15, -0.1) is 0 Å². The van der Waals surface area contributed by atoms with E-state index in [4.69, 9.17) is 15.2 Å². The first-order chi connectivity index (χ1) is 11.9. The highest BCUT2D eigenvalue weighted by atomic mass is 16.5. The summed E-state index contributed by atoms with van der Waals surface area (Å²) in [5, 5.41) is 0. The van der Waals surface area contributed by atoms with Gasteiger partial charge in [0, 0.05) is 26.3 Å². The largest absolute Gasteiger partial charge is 0.465 e. The molecule has 0 amide bonds. The predicted molar refractivity (Wildman–Crippen MR) is 90.5 cm³/mol. The van der Waals surface area contributed by atoms with Crippen LogP contribution in [0.5, 0.6) is 0 Å². The van der Waals surface area contributed by atoms with E-state index in [9.17, 15) is 9.59 Å². The first-order valence-electron chi connectivity index (χ1n) is 8.14. The van der Waals surface area contributed by atoms with Crippen LogP contribution in [0, 0.1) is 5.92 Å². The van der Waals surface area contributed by atoms with Gasteiger partial charge in [0.1, 0.15) is 5.52 Å². The number of aryl methyl sites for hydroxylation is 2. The summed E-state index contributed by atoms with van der Waals surface area (Å²) in [6.45, 7) is 5.68. The van der Waals surface area contributed by atoms with E-state index in [2.05, 4.69) is 15.0 Å². The Morgan fingerprint density at radius 1 is 1.20 bits per heavy atom. The molecule has 2 heterocycles. The average molecular weight is 349 g/mol. The van der Waals surface area contributed by atoms with E-state index in [0.29, 0.717) is 25.0 Å². The van der Waals surface area contributed by atoms with E-state index in [1.165, 1.54) is 13.8 Å². The van der Waals surface area contributed by atoms with Gasteiger partial charge in [0.25, 0.3) is 0 Å². The van der Waals surface area contributed by atoms with Gasteiger partial charge < -0.3 is 19.8 Å². The Balaban J connectivity index is 2.11. The second-order valence-corrected chi connectivity index (χ2v) is 5.75. The van der Waals surface area contributed by atoms with E-state index in [0.717, 1.165) is 11.2 Å². The number of hydrogen-bond donors (Lipinski definition) is 1. The molecule has 0 aliphatic heterocycles. The molecule has 2 aromatic rings. The average Bonchev–Trinajstić information content (AvgIpc) is 2.95. The molecule has 0 unspecified atom stereocenters. The molecule has 2 aromatic heterocycles. The molecule has 2 N–H and O–H groups in total. The van der Waals surface area contributed by atoms with Gasteiger partial charge in [0.15, 0.2) is 5.65 Å². The van der Waals surface area contributed by atoms with Crippen molar-refractivity contribution in [2.75, 3.05) is 18.9 Å². The fraction of sp³-hybridized carbons (Fsp3) is 0.562. The molecular formula is C16H23N5O4. The number of hydrogen-bond acceptors (Lipinski definition) is 8. The number of aromatic nitrogens is 4. The van der Waals surface area contributed by atoms with Crippen LogP contribution in [0.1, 0.15) is 32.9 Å². The van der Waals surface area contributed by atoms with Gasteiger partial charge in [0.05, 0.1) is 25.2 Å². The number of ether oxygens (including phenoxy) is 2. The Labute approximate surface area is 145 Å². The quantitative estimate of drug-likeness (QED) is 0.703. The molecule has 136 valence electrons. The van der Waals surface area contributed by atoms with Crippen LogP contribution in [0.4, 0.5) is 5.95 Å². The smallest absolute Gasteiger partial charge is 0.302 e. The molecule has 25 heavy (non-hydrogen) atoms. The monoisotopic (exact) mass is 349 g/mol. The van der Waals surface area contributed by atoms with Crippen LogP contribution < -0.4 is 5.73 Å². The van der Waals surface area contributed by atoms with Crippen molar-refractivity contribution in [3.63, 3.8) is 0 Å². The summed E-state index contributed by atoms with van der Waals surface area (Å²) < 4.78 is 12.1. The van der Waals surface area contributed by atoms with Crippen molar-refractivity contribution < 1.29 is 19.1 Å². The number of carbonyl (C=O) groups excluding carboxylic acids is 2. The Kier molecular flexibility index (Phi) is 6.26. The molecule has 0 aliphatic carbocycles. The highest BCUT2D eigenvalue weighted by Gasteiger charge is 2.16. The second-order valence-electron chi connectivity index (χ2n) is 5.75. The zero-order valence-electron chi connectivity index (χ0n) is 14.7. The normalized spacial score (nSPS) is 11.0. The summed E-state index contributed by atoms with van der Waals surface area (Å²) in [5.74, 6) is -0.627. The summed E-state index contributed by atoms with van der Waals surface area (Å²) >= 11 is 0. The minimum absolute atomic E-state index is 0.106. The molecule has 0 aliphatic rings. The van der Waals surface area contributed by atoms with E-state index in [1.807, 2.05) is 11.5 Å². The Bertz CT molecular complexity index is 740. The number of nitrogens with zero attached hydrogens (tertiary/aromatic N) is 4. The van der Waals surface area contributed by atoms with Crippen molar-refractivity contribution in [1.82, 2.24) is 19.5 Å². The lowest BCUT2D eigenvalue weighted by atomic mass is 10.1. The SMILES string of the molecule is CCc1nc(N)nc2ncn(CCC(COC(C)=O)COC(C)=O)c12. The van der Waals surface area contributed by atoms with Gasteiger partial charge in [0.2, 0.25) is 5.95 Å². The number of nitrogen functional groups attached to an aromatic ring is 1. The number of nitrogens with two attached hydrogens (primary N) is 1. The first kappa shape index (κ1) is 18.6. The summed E-state index contributed by atoms with van der Waals surface area (Å²) in [7, 11) is 0. The molecule has 9 nitrogen and oxygen atoms in total. The van der Waals surface area contributed by atoms with Crippen LogP contribution in [0.2, 0.25) is 0 Å². The summed E-state index contributed by atoms with van der Waals surface area (Å²) in [5.41, 5.74) is 7.93. The number of imidazole rings is 1. The zero-order valence-corrected chi connectivity index (χ0v) is 14.7. The summed E-state index contributed by atoms with van der Waals surface area (Å²) in [6.07, 6.45) is 3.03. The summed E-state index contributed by atoms with van der Waals surface area (Å²) in [6, 6.07) is 0. The molecule has 0 atom stereocenters. The lowest BCUT2D eigenvalue weighted by Crippen LogP contribution is -2.21. The van der Waals surface area contributed by atoms with Crippen molar-refractivity contribution in [1.29, 1.82) is 0 Å². The molecule has 0 saturated carbocycles. The number of carbonyl (C=O) groups is 2. The van der Waals surface area contributed by atoms with Crippen LogP contribution >= 0.6 is 0 Å². The molecule has 0 saturated heterocycles. The standard InChI is InChI=1S/C16H23N5O4/c1-4-13-14-15(20-16(17)19-13)18-9-21(14)6-5-12(7-24-10(2)22)8-25-11(3)23/h9,12H,4-8H2,1-3H3,(H2,17,19,20). The second kappa shape index (κ2) is 8.41. The van der Waals surface area contributed by atoms with Gasteiger partial charge in [-0.1, -0.05) is 6.92 Å². The predicted octanol–water partition coefficient (Wildman–Crippen LogP) is 1.10. The first-order valence-corrected chi connectivity index (χ1v) is 8.14. The lowest BCUT2D eigenvalue weighted by molar-refractivity contribution is -0.146. The van der Waals surface area contributed by atoms with Crippen molar-refractivity contribution in [2.45, 2.75) is 40.2 Å². The molecule has 0 spiro atoms. The minimum Gasteiger partial charge on any atom is -0.465 e. The minimum atomic E-state index is -0.363. The molecule has 9 heteroatoms. The van der Waals surface area contributed by atoms with E-state index in [-0.39, 0.29) is 37.0 Å². The molecule has 0 fully saturated rings. The third-order valence-electron chi connectivity index (χ3n) is 3.72. The van der Waals surface area contributed by atoms with Crippen LogP contribution in [0.15, 0.2) is 6.33 Å². The fourth-order valence-corrected chi connectivity index (χ4v) is 2.50. The van der Waals surface area contributed by atoms with Crippen LogP contribution in [0.25, 0.3) is 11.2 Å². The van der Waals surface area contributed by atoms with E-state index >= 15 is 0 Å². The summed E-state index contributed by atoms with van der Waals surface area (Å²) in [4.78, 5) is 34.8. The van der Waals surface area contributed by atoms with Gasteiger partial charge in [-0.3, -0.25) is 9.59 Å². The Morgan fingerprint density at radius 2 is 1.84 bits per heavy atom. The number of esters is 2. The van der Waals surface area contributed by atoms with Crippen LogP contribution in [-0.2, 0) is 32.0 Å². The maximum atomic E-state index is 11.0. The molecule has 0 aromatic carbocycles. The molecular weight excluding hydrogens is 326 g/mol. The lowest BCUT2D eigenvalue weighted by Gasteiger charge is -2.17. The highest BCUT2D eigenvalue weighted by Crippen LogP contribution is 2.18. The van der Waals surface area contributed by atoms with Crippen molar-refractivity contribution in [2.24, 2.45) is 5.92 Å². The van der Waals surface area contributed by atoms with Gasteiger partial charge in [-0.2, -0.15) is 4.98 Å². The van der Waals surface area contributed by atoms with Crippen molar-refractivity contribution in [3.05, 3.63) is 12.0 Å². The Morgan fingerprint density at radius 3 is 2.40 bits per heavy atom.